The number of ether oxygens (including phenoxy) is 1. The fourth-order valence-corrected chi connectivity index (χ4v) is 2.43. The summed E-state index contributed by atoms with van der Waals surface area (Å²) in [5.74, 6) is -1.69. The quantitative estimate of drug-likeness (QED) is 0.831. The minimum Gasteiger partial charge on any atom is -0.464 e. The molecule has 1 aliphatic carbocycles. The minimum absolute atomic E-state index is 0.0111. The van der Waals surface area contributed by atoms with Crippen LogP contribution in [0.4, 0.5) is 14.6 Å². The molecule has 1 N–H and O–H groups in total. The van der Waals surface area contributed by atoms with Gasteiger partial charge in [0.25, 0.3) is 0 Å². The SMILES string of the molecule is COC(=O)c1nc(C2CC2)nc(NCc2cccc(F)c2F)c1Cl. The summed E-state index contributed by atoms with van der Waals surface area (Å²) in [5.41, 5.74) is 0.0792. The van der Waals surface area contributed by atoms with Crippen LogP contribution >= 0.6 is 11.6 Å². The number of benzene rings is 1. The van der Waals surface area contributed by atoms with E-state index in [-0.39, 0.29) is 34.6 Å². The van der Waals surface area contributed by atoms with Gasteiger partial charge >= 0.3 is 5.97 Å². The van der Waals surface area contributed by atoms with Crippen molar-refractivity contribution in [2.75, 3.05) is 12.4 Å². The van der Waals surface area contributed by atoms with E-state index in [1.165, 1.54) is 19.2 Å². The van der Waals surface area contributed by atoms with E-state index in [0.717, 1.165) is 18.9 Å². The Morgan fingerprint density at radius 3 is 2.79 bits per heavy atom. The van der Waals surface area contributed by atoms with E-state index in [0.29, 0.717) is 5.82 Å². The zero-order valence-electron chi connectivity index (χ0n) is 12.8. The smallest absolute Gasteiger partial charge is 0.358 e. The Hall–Kier alpha value is -2.28. The molecule has 3 rings (SSSR count). The molecule has 1 saturated carbocycles. The summed E-state index contributed by atoms with van der Waals surface area (Å²) in [6, 6.07) is 3.90. The molecule has 5 nitrogen and oxygen atoms in total. The number of nitrogens with one attached hydrogen (secondary N) is 1. The van der Waals surface area contributed by atoms with Crippen LogP contribution in [0.3, 0.4) is 0 Å². The largest absolute Gasteiger partial charge is 0.464 e. The molecule has 1 aromatic heterocycles. The summed E-state index contributed by atoms with van der Waals surface area (Å²) in [4.78, 5) is 20.3. The van der Waals surface area contributed by atoms with Crippen LogP contribution in [0.5, 0.6) is 0 Å². The fourth-order valence-electron chi connectivity index (χ4n) is 2.20. The van der Waals surface area contributed by atoms with E-state index in [4.69, 9.17) is 11.6 Å². The number of carbonyl (C=O) groups excluding carboxylic acids is 1. The van der Waals surface area contributed by atoms with Crippen LogP contribution in [0, 0.1) is 11.6 Å². The Balaban J connectivity index is 1.90. The van der Waals surface area contributed by atoms with Crippen LogP contribution in [0.25, 0.3) is 0 Å². The second-order valence-corrected chi connectivity index (χ2v) is 5.80. The number of anilines is 1. The van der Waals surface area contributed by atoms with E-state index >= 15 is 0 Å². The molecule has 1 heterocycles. The lowest BCUT2D eigenvalue weighted by atomic mass is 10.2. The van der Waals surface area contributed by atoms with Crippen molar-refractivity contribution in [1.29, 1.82) is 0 Å². The predicted molar refractivity (Wildman–Crippen MR) is 84.0 cm³/mol. The molecule has 0 bridgehead atoms. The normalized spacial score (nSPS) is 13.7. The summed E-state index contributed by atoms with van der Waals surface area (Å²) < 4.78 is 31.7. The van der Waals surface area contributed by atoms with Gasteiger partial charge in [0.1, 0.15) is 16.7 Å². The third-order valence-electron chi connectivity index (χ3n) is 3.67. The highest BCUT2D eigenvalue weighted by Gasteiger charge is 2.30. The van der Waals surface area contributed by atoms with Gasteiger partial charge in [-0.1, -0.05) is 23.7 Å². The molecule has 1 aromatic carbocycles. The van der Waals surface area contributed by atoms with E-state index < -0.39 is 17.6 Å². The van der Waals surface area contributed by atoms with Crippen LogP contribution in [0.1, 0.15) is 40.6 Å². The van der Waals surface area contributed by atoms with Crippen molar-refractivity contribution in [1.82, 2.24) is 9.97 Å². The lowest BCUT2D eigenvalue weighted by molar-refractivity contribution is 0.0593. The number of hydrogen-bond donors (Lipinski definition) is 1. The van der Waals surface area contributed by atoms with Crippen LogP contribution in [0.15, 0.2) is 18.2 Å². The van der Waals surface area contributed by atoms with E-state index in [1.807, 2.05) is 0 Å². The number of rotatable bonds is 5. The Labute approximate surface area is 142 Å². The third-order valence-corrected chi connectivity index (χ3v) is 4.03. The summed E-state index contributed by atoms with van der Waals surface area (Å²) in [6.07, 6.45) is 1.86. The molecule has 0 spiro atoms. The van der Waals surface area contributed by atoms with Crippen molar-refractivity contribution in [3.63, 3.8) is 0 Å². The zero-order chi connectivity index (χ0) is 17.3. The van der Waals surface area contributed by atoms with Crippen molar-refractivity contribution in [2.24, 2.45) is 0 Å². The van der Waals surface area contributed by atoms with Gasteiger partial charge in [0.05, 0.1) is 7.11 Å². The van der Waals surface area contributed by atoms with Crippen LogP contribution in [0.2, 0.25) is 5.02 Å². The topological polar surface area (TPSA) is 64.1 Å². The summed E-state index contributed by atoms with van der Waals surface area (Å²) >= 11 is 6.16. The van der Waals surface area contributed by atoms with Crippen LogP contribution < -0.4 is 5.32 Å². The standard InChI is InChI=1S/C16H14ClF2N3O2/c1-24-16(23)13-11(17)15(22-14(21-13)8-5-6-8)20-7-9-3-2-4-10(18)12(9)19/h2-4,8H,5-7H2,1H3,(H,20,21,22). The predicted octanol–water partition coefficient (Wildman–Crippen LogP) is 3.68. The first-order valence-electron chi connectivity index (χ1n) is 7.33. The Bertz CT molecular complexity index is 797. The molecule has 126 valence electrons. The Morgan fingerprint density at radius 2 is 2.12 bits per heavy atom. The van der Waals surface area contributed by atoms with Gasteiger partial charge in [-0.25, -0.2) is 23.5 Å². The van der Waals surface area contributed by atoms with Crippen molar-refractivity contribution in [2.45, 2.75) is 25.3 Å². The lowest BCUT2D eigenvalue weighted by Crippen LogP contribution is -2.13. The molecule has 0 atom stereocenters. The van der Waals surface area contributed by atoms with Gasteiger partial charge in [-0.15, -0.1) is 0 Å². The van der Waals surface area contributed by atoms with Gasteiger partial charge in [0.2, 0.25) is 0 Å². The number of carbonyl (C=O) groups is 1. The van der Waals surface area contributed by atoms with Gasteiger partial charge < -0.3 is 10.1 Å². The first-order chi connectivity index (χ1) is 11.5. The molecule has 0 unspecified atom stereocenters. The third kappa shape index (κ3) is 3.31. The first-order valence-corrected chi connectivity index (χ1v) is 7.71. The first kappa shape index (κ1) is 16.6. The second-order valence-electron chi connectivity index (χ2n) is 5.43. The molecule has 0 aliphatic heterocycles. The average molecular weight is 354 g/mol. The maximum absolute atomic E-state index is 13.7. The van der Waals surface area contributed by atoms with Gasteiger partial charge in [-0.2, -0.15) is 0 Å². The molecule has 2 aromatic rings. The van der Waals surface area contributed by atoms with Gasteiger partial charge in [-0.3, -0.25) is 0 Å². The number of methoxy groups -OCH3 is 1. The van der Waals surface area contributed by atoms with Crippen LogP contribution in [-0.2, 0) is 11.3 Å². The van der Waals surface area contributed by atoms with Crippen LogP contribution in [-0.4, -0.2) is 23.0 Å². The fraction of sp³-hybridized carbons (Fsp3) is 0.312. The monoisotopic (exact) mass is 353 g/mol. The molecule has 8 heteroatoms. The van der Waals surface area contributed by atoms with E-state index in [1.54, 1.807) is 0 Å². The highest BCUT2D eigenvalue weighted by molar-refractivity contribution is 6.35. The lowest BCUT2D eigenvalue weighted by Gasteiger charge is -2.12. The number of esters is 1. The summed E-state index contributed by atoms with van der Waals surface area (Å²) in [6.45, 7) is -0.0367. The molecular weight excluding hydrogens is 340 g/mol. The van der Waals surface area contributed by atoms with Gasteiger partial charge in [-0.05, 0) is 18.9 Å². The Morgan fingerprint density at radius 1 is 1.38 bits per heavy atom. The van der Waals surface area contributed by atoms with Gasteiger partial charge in [0, 0.05) is 18.0 Å². The number of nitrogens with zero attached hydrogens (tertiary/aromatic N) is 2. The second kappa shape index (κ2) is 6.68. The molecule has 0 amide bonds. The van der Waals surface area contributed by atoms with Crippen molar-refractivity contribution < 1.29 is 18.3 Å². The van der Waals surface area contributed by atoms with E-state index in [9.17, 15) is 13.6 Å². The molecule has 1 aliphatic rings. The van der Waals surface area contributed by atoms with Crippen molar-refractivity contribution in [3.05, 3.63) is 51.9 Å². The average Bonchev–Trinajstić information content (AvgIpc) is 3.41. The number of hydrogen-bond acceptors (Lipinski definition) is 5. The molecule has 0 radical (unpaired) electrons. The molecule has 24 heavy (non-hydrogen) atoms. The highest BCUT2D eigenvalue weighted by Crippen LogP contribution is 2.39. The van der Waals surface area contributed by atoms with Crippen molar-refractivity contribution >= 4 is 23.4 Å². The number of halogens is 3. The molecule has 0 saturated heterocycles. The summed E-state index contributed by atoms with van der Waals surface area (Å²) in [7, 11) is 1.23. The maximum atomic E-state index is 13.7. The molecule has 1 fully saturated rings. The highest BCUT2D eigenvalue weighted by atomic mass is 35.5. The Kier molecular flexibility index (Phi) is 4.62. The zero-order valence-corrected chi connectivity index (χ0v) is 13.5. The van der Waals surface area contributed by atoms with Crippen molar-refractivity contribution in [3.8, 4) is 0 Å². The van der Waals surface area contributed by atoms with Gasteiger partial charge in [0.15, 0.2) is 17.3 Å². The van der Waals surface area contributed by atoms with E-state index in [2.05, 4.69) is 20.0 Å². The minimum atomic E-state index is -0.939. The summed E-state index contributed by atoms with van der Waals surface area (Å²) in [5, 5.41) is 2.83. The maximum Gasteiger partial charge on any atom is 0.358 e. The number of aromatic nitrogens is 2. The molecular formula is C16H14ClF2N3O2.